The van der Waals surface area contributed by atoms with E-state index in [-0.39, 0.29) is 21.7 Å². The van der Waals surface area contributed by atoms with Crippen LogP contribution in [0.5, 0.6) is 11.5 Å². The molecule has 0 aliphatic rings. The second kappa shape index (κ2) is 12.6. The minimum atomic E-state index is -1.02. The first kappa shape index (κ1) is 34.8. The van der Waals surface area contributed by atoms with E-state index in [1.165, 1.54) is 38.2 Å². The first-order valence-corrected chi connectivity index (χ1v) is 17.5. The predicted molar refractivity (Wildman–Crippen MR) is 198 cm³/mol. The van der Waals surface area contributed by atoms with Gasteiger partial charge >= 0.3 is 0 Å². The second-order valence-corrected chi connectivity index (χ2v) is 18.6. The maximum Gasteiger partial charge on any atom is 0.127 e. The summed E-state index contributed by atoms with van der Waals surface area (Å²) in [4.78, 5) is 0. The molecule has 2 nitrogen and oxygen atoms in total. The van der Waals surface area contributed by atoms with Gasteiger partial charge in [-0.2, -0.15) is 0 Å². The average molecular weight is 623 g/mol. The Morgan fingerprint density at radius 1 is 0.444 bits per heavy atom. The Balaban J connectivity index is 2.24. The molecule has 0 fully saturated rings. The number of rotatable bonds is 6. The molecule has 0 atom stereocenters. The Hall–Kier alpha value is -3.09. The summed E-state index contributed by atoms with van der Waals surface area (Å²) >= 11 is 0. The minimum Gasteiger partial charge on any atom is -0.496 e. The highest BCUT2D eigenvalue weighted by Gasteiger charge is 2.30. The molecular formula is C42H55O2P. The van der Waals surface area contributed by atoms with E-state index >= 15 is 0 Å². The number of para-hydroxylation sites is 1. The molecule has 0 saturated heterocycles. The van der Waals surface area contributed by atoms with Gasteiger partial charge in [-0.05, 0) is 79.9 Å². The first-order chi connectivity index (χ1) is 20.8. The molecule has 4 aromatic rings. The van der Waals surface area contributed by atoms with Crippen molar-refractivity contribution in [2.45, 2.75) is 105 Å². The van der Waals surface area contributed by atoms with E-state index in [9.17, 15) is 0 Å². The fraction of sp³-hybridized carbons (Fsp3) is 0.429. The van der Waals surface area contributed by atoms with Crippen molar-refractivity contribution in [3.05, 3.63) is 101 Å². The van der Waals surface area contributed by atoms with E-state index in [0.29, 0.717) is 0 Å². The van der Waals surface area contributed by atoms with Gasteiger partial charge in [0.1, 0.15) is 11.5 Å². The largest absolute Gasteiger partial charge is 0.496 e. The zero-order chi connectivity index (χ0) is 33.5. The van der Waals surface area contributed by atoms with Crippen molar-refractivity contribution in [2.24, 2.45) is 0 Å². The Morgan fingerprint density at radius 3 is 1.20 bits per heavy atom. The molecule has 4 aromatic carbocycles. The molecule has 0 amide bonds. The standard InChI is InChI=1S/C42H55O2P/c1-39(2,3)28-22-29(40(4,5)6)25-32(24-28)45(33-26-30(41(7,8)9)23-31(27-33)42(10,11)12)37-21-17-20-36(44-14)38(37)34-18-15-16-19-35(34)43-13/h15-27H,1-14H3. The summed E-state index contributed by atoms with van der Waals surface area (Å²) in [6.45, 7) is 27.9. The van der Waals surface area contributed by atoms with Crippen molar-refractivity contribution in [1.82, 2.24) is 0 Å². The molecule has 240 valence electrons. The normalized spacial score (nSPS) is 12.9. The summed E-state index contributed by atoms with van der Waals surface area (Å²) in [5.74, 6) is 1.70. The van der Waals surface area contributed by atoms with Crippen LogP contribution in [0.3, 0.4) is 0 Å². The van der Waals surface area contributed by atoms with E-state index in [2.05, 4.69) is 150 Å². The lowest BCUT2D eigenvalue weighted by Crippen LogP contribution is -2.28. The van der Waals surface area contributed by atoms with E-state index in [1.54, 1.807) is 14.2 Å². The second-order valence-electron chi connectivity index (χ2n) is 16.4. The highest BCUT2D eigenvalue weighted by molar-refractivity contribution is 7.80. The summed E-state index contributed by atoms with van der Waals surface area (Å²) in [5, 5.41) is 3.99. The molecule has 0 saturated carbocycles. The predicted octanol–water partition coefficient (Wildman–Crippen LogP) is 10.3. The van der Waals surface area contributed by atoms with Gasteiger partial charge in [0.15, 0.2) is 0 Å². The summed E-state index contributed by atoms with van der Waals surface area (Å²) in [6.07, 6.45) is 0. The quantitative estimate of drug-likeness (QED) is 0.199. The molecule has 45 heavy (non-hydrogen) atoms. The maximum atomic E-state index is 6.13. The van der Waals surface area contributed by atoms with Crippen LogP contribution in [0, 0.1) is 0 Å². The first-order valence-electron chi connectivity index (χ1n) is 16.2. The number of benzene rings is 4. The van der Waals surface area contributed by atoms with Gasteiger partial charge in [0.05, 0.1) is 14.2 Å². The van der Waals surface area contributed by atoms with E-state index in [1.807, 2.05) is 12.1 Å². The van der Waals surface area contributed by atoms with Gasteiger partial charge in [-0.3, -0.25) is 0 Å². The van der Waals surface area contributed by atoms with Gasteiger partial charge in [0.25, 0.3) is 0 Å². The number of hydrogen-bond acceptors (Lipinski definition) is 2. The Morgan fingerprint density at radius 2 is 0.822 bits per heavy atom. The Kier molecular flexibility index (Phi) is 9.74. The number of hydrogen-bond donors (Lipinski definition) is 0. The third-order valence-corrected chi connectivity index (χ3v) is 11.1. The molecule has 0 bridgehead atoms. The number of methoxy groups -OCH3 is 2. The lowest BCUT2D eigenvalue weighted by atomic mass is 9.81. The zero-order valence-corrected chi connectivity index (χ0v) is 31.2. The lowest BCUT2D eigenvalue weighted by Gasteiger charge is -2.32. The van der Waals surface area contributed by atoms with Crippen molar-refractivity contribution in [3.8, 4) is 22.6 Å². The van der Waals surface area contributed by atoms with Crippen molar-refractivity contribution >= 4 is 23.8 Å². The van der Waals surface area contributed by atoms with Gasteiger partial charge in [0.2, 0.25) is 0 Å². The van der Waals surface area contributed by atoms with E-state index in [0.717, 1.165) is 22.6 Å². The van der Waals surface area contributed by atoms with Crippen LogP contribution >= 0.6 is 7.92 Å². The smallest absolute Gasteiger partial charge is 0.127 e. The molecule has 0 unspecified atom stereocenters. The fourth-order valence-corrected chi connectivity index (χ4v) is 8.25. The van der Waals surface area contributed by atoms with Crippen LogP contribution in [0.25, 0.3) is 11.1 Å². The van der Waals surface area contributed by atoms with Crippen LogP contribution in [-0.4, -0.2) is 14.2 Å². The highest BCUT2D eigenvalue weighted by atomic mass is 31.1. The van der Waals surface area contributed by atoms with Crippen molar-refractivity contribution < 1.29 is 9.47 Å². The molecule has 0 spiro atoms. The molecule has 0 aromatic heterocycles. The van der Waals surface area contributed by atoms with Crippen LogP contribution in [0.2, 0.25) is 0 Å². The third kappa shape index (κ3) is 7.66. The summed E-state index contributed by atoms with van der Waals surface area (Å²) in [5.41, 5.74) is 7.60. The van der Waals surface area contributed by atoms with Gasteiger partial charge in [-0.15, -0.1) is 0 Å². The van der Waals surface area contributed by atoms with Crippen LogP contribution in [-0.2, 0) is 21.7 Å². The van der Waals surface area contributed by atoms with Crippen molar-refractivity contribution in [2.75, 3.05) is 14.2 Å². The molecule has 3 heteroatoms. The lowest BCUT2D eigenvalue weighted by molar-refractivity contribution is 0.410. The zero-order valence-electron chi connectivity index (χ0n) is 30.3. The molecule has 0 aliphatic heterocycles. The van der Waals surface area contributed by atoms with Crippen molar-refractivity contribution in [3.63, 3.8) is 0 Å². The van der Waals surface area contributed by atoms with E-state index < -0.39 is 7.92 Å². The average Bonchev–Trinajstić information content (AvgIpc) is 2.95. The number of ether oxygens (including phenoxy) is 2. The monoisotopic (exact) mass is 622 g/mol. The summed E-state index contributed by atoms with van der Waals surface area (Å²) < 4.78 is 12.1. The summed E-state index contributed by atoms with van der Waals surface area (Å²) in [7, 11) is 2.51. The van der Waals surface area contributed by atoms with Crippen LogP contribution < -0.4 is 25.4 Å². The van der Waals surface area contributed by atoms with Gasteiger partial charge in [0, 0.05) is 11.1 Å². The highest BCUT2D eigenvalue weighted by Crippen LogP contribution is 2.45. The molecule has 0 aliphatic carbocycles. The maximum absolute atomic E-state index is 6.13. The molecular weight excluding hydrogens is 567 g/mol. The van der Waals surface area contributed by atoms with E-state index in [4.69, 9.17) is 9.47 Å². The Labute approximate surface area is 275 Å². The SMILES string of the molecule is COc1ccccc1-c1c(OC)cccc1P(c1cc(C(C)(C)C)cc(C(C)(C)C)c1)c1cc(C(C)(C)C)cc(C(C)(C)C)c1. The van der Waals surface area contributed by atoms with Gasteiger partial charge < -0.3 is 9.47 Å². The molecule has 0 heterocycles. The third-order valence-electron chi connectivity index (χ3n) is 8.66. The molecule has 4 rings (SSSR count). The topological polar surface area (TPSA) is 18.5 Å². The van der Waals surface area contributed by atoms with Crippen molar-refractivity contribution in [1.29, 1.82) is 0 Å². The van der Waals surface area contributed by atoms with Crippen LogP contribution in [0.4, 0.5) is 0 Å². The van der Waals surface area contributed by atoms with Crippen LogP contribution in [0.15, 0.2) is 78.9 Å². The molecule has 0 radical (unpaired) electrons. The van der Waals surface area contributed by atoms with Crippen LogP contribution in [0.1, 0.15) is 105 Å². The minimum absolute atomic E-state index is 0.000694. The summed E-state index contributed by atoms with van der Waals surface area (Å²) in [6, 6.07) is 29.6. The van der Waals surface area contributed by atoms with Gasteiger partial charge in [-0.1, -0.05) is 150 Å². The fourth-order valence-electron chi connectivity index (χ4n) is 5.64. The molecule has 0 N–H and O–H groups in total. The Bertz CT molecular complexity index is 1510. The van der Waals surface area contributed by atoms with Gasteiger partial charge in [-0.25, -0.2) is 0 Å².